The molecule has 4 rings (SSSR count). The molecule has 0 N–H and O–H groups in total. The van der Waals surface area contributed by atoms with Gasteiger partial charge in [-0.25, -0.2) is 4.98 Å². The van der Waals surface area contributed by atoms with Gasteiger partial charge in [0.1, 0.15) is 6.10 Å². The largest absolute Gasteiger partial charge is 0.501 e. The number of aromatic nitrogens is 1. The molecule has 0 bridgehead atoms. The summed E-state index contributed by atoms with van der Waals surface area (Å²) in [5, 5.41) is 0. The van der Waals surface area contributed by atoms with Crippen LogP contribution in [-0.4, -0.2) is 54.7 Å². The maximum absolute atomic E-state index is 12.6. The van der Waals surface area contributed by atoms with E-state index in [0.29, 0.717) is 13.2 Å². The number of carbonyl (C=O) groups is 1. The summed E-state index contributed by atoms with van der Waals surface area (Å²) in [6.07, 6.45) is 8.47. The highest BCUT2D eigenvalue weighted by atomic mass is 16.5. The predicted octanol–water partition coefficient (Wildman–Crippen LogP) is 2.36. The lowest BCUT2D eigenvalue weighted by atomic mass is 10.1. The fourth-order valence-corrected chi connectivity index (χ4v) is 3.75. The molecule has 4 heterocycles. The Morgan fingerprint density at radius 3 is 2.92 bits per heavy atom. The average molecular weight is 343 g/mol. The summed E-state index contributed by atoms with van der Waals surface area (Å²) in [6, 6.07) is 3.90. The zero-order valence-corrected chi connectivity index (χ0v) is 14.5. The van der Waals surface area contributed by atoms with E-state index < -0.39 is 0 Å². The maximum Gasteiger partial charge on any atom is 0.252 e. The Balaban J connectivity index is 1.40. The first-order valence-corrected chi connectivity index (χ1v) is 9.28. The zero-order chi connectivity index (χ0) is 17.1. The van der Waals surface area contributed by atoms with E-state index in [2.05, 4.69) is 9.88 Å². The number of hydrogen-bond acceptors (Lipinski definition) is 5. The van der Waals surface area contributed by atoms with Crippen molar-refractivity contribution in [3.8, 4) is 5.75 Å². The van der Waals surface area contributed by atoms with Crippen molar-refractivity contribution < 1.29 is 14.3 Å². The van der Waals surface area contributed by atoms with Crippen molar-refractivity contribution in [3.63, 3.8) is 0 Å². The second-order valence-corrected chi connectivity index (χ2v) is 6.92. The predicted molar refractivity (Wildman–Crippen MR) is 94.6 cm³/mol. The first kappa shape index (κ1) is 16.2. The second-order valence-electron chi connectivity index (χ2n) is 6.92. The lowest BCUT2D eigenvalue weighted by Gasteiger charge is -2.23. The van der Waals surface area contributed by atoms with Crippen molar-refractivity contribution in [2.24, 2.45) is 0 Å². The smallest absolute Gasteiger partial charge is 0.252 e. The van der Waals surface area contributed by atoms with Gasteiger partial charge in [-0.2, -0.15) is 0 Å². The Labute approximate surface area is 148 Å². The summed E-state index contributed by atoms with van der Waals surface area (Å²) in [6.45, 7) is 4.15. The van der Waals surface area contributed by atoms with Gasteiger partial charge in [0.25, 0.3) is 5.91 Å². The van der Waals surface area contributed by atoms with E-state index in [1.165, 1.54) is 12.8 Å². The van der Waals surface area contributed by atoms with Gasteiger partial charge < -0.3 is 19.3 Å². The maximum atomic E-state index is 12.6. The third kappa shape index (κ3) is 3.57. The van der Waals surface area contributed by atoms with E-state index in [0.717, 1.165) is 56.0 Å². The van der Waals surface area contributed by atoms with Crippen LogP contribution in [0.25, 0.3) is 0 Å². The van der Waals surface area contributed by atoms with Gasteiger partial charge in [0, 0.05) is 32.3 Å². The number of anilines is 1. The molecule has 1 aromatic heterocycles. The van der Waals surface area contributed by atoms with Crippen LogP contribution in [0.3, 0.4) is 0 Å². The fourth-order valence-electron chi connectivity index (χ4n) is 3.75. The van der Waals surface area contributed by atoms with Crippen molar-refractivity contribution in [2.45, 2.75) is 38.2 Å². The molecule has 0 radical (unpaired) electrons. The molecule has 3 aliphatic rings. The molecule has 1 amide bonds. The Morgan fingerprint density at radius 2 is 2.12 bits per heavy atom. The third-order valence-electron chi connectivity index (χ3n) is 5.09. The Hall–Kier alpha value is -2.24. The summed E-state index contributed by atoms with van der Waals surface area (Å²) in [5.74, 6) is 1.87. The van der Waals surface area contributed by atoms with Gasteiger partial charge in [-0.15, -0.1) is 0 Å². The molecule has 0 unspecified atom stereocenters. The second kappa shape index (κ2) is 7.33. The summed E-state index contributed by atoms with van der Waals surface area (Å²) < 4.78 is 11.5. The van der Waals surface area contributed by atoms with Crippen LogP contribution in [0.15, 0.2) is 30.2 Å². The average Bonchev–Trinajstić information content (AvgIpc) is 3.34. The van der Waals surface area contributed by atoms with E-state index in [9.17, 15) is 4.79 Å². The number of pyridine rings is 1. The van der Waals surface area contributed by atoms with Gasteiger partial charge in [-0.3, -0.25) is 4.79 Å². The van der Waals surface area contributed by atoms with Crippen LogP contribution in [-0.2, 0) is 9.53 Å². The van der Waals surface area contributed by atoms with Crippen molar-refractivity contribution in [1.82, 2.24) is 9.88 Å². The summed E-state index contributed by atoms with van der Waals surface area (Å²) in [5.41, 5.74) is 0.783. The van der Waals surface area contributed by atoms with Gasteiger partial charge in [0.15, 0.2) is 11.6 Å². The van der Waals surface area contributed by atoms with Crippen LogP contribution < -0.4 is 9.64 Å². The minimum absolute atomic E-state index is 0.0274. The summed E-state index contributed by atoms with van der Waals surface area (Å²) >= 11 is 0. The Bertz CT molecular complexity index is 655. The fraction of sp³-hybridized carbons (Fsp3) is 0.579. The van der Waals surface area contributed by atoms with E-state index in [-0.39, 0.29) is 12.0 Å². The normalized spacial score (nSPS) is 23.4. The summed E-state index contributed by atoms with van der Waals surface area (Å²) in [4.78, 5) is 21.3. The minimum atomic E-state index is 0.0274. The minimum Gasteiger partial charge on any atom is -0.501 e. The molecule has 0 saturated carbocycles. The molecular weight excluding hydrogens is 318 g/mol. The lowest BCUT2D eigenvalue weighted by molar-refractivity contribution is -0.126. The van der Waals surface area contributed by atoms with Crippen LogP contribution in [0, 0.1) is 0 Å². The molecule has 134 valence electrons. The topological polar surface area (TPSA) is 54.9 Å². The molecule has 6 nitrogen and oxygen atoms in total. The molecule has 2 fully saturated rings. The van der Waals surface area contributed by atoms with E-state index in [1.807, 2.05) is 23.2 Å². The number of rotatable bonds is 4. The highest BCUT2D eigenvalue weighted by Crippen LogP contribution is 2.30. The molecule has 0 aliphatic carbocycles. The zero-order valence-electron chi connectivity index (χ0n) is 14.5. The molecule has 3 aliphatic heterocycles. The first-order chi connectivity index (χ1) is 12.3. The number of ether oxygens (including phenoxy) is 2. The number of hydrogen-bond donors (Lipinski definition) is 0. The van der Waals surface area contributed by atoms with Crippen LogP contribution in [0.2, 0.25) is 0 Å². The van der Waals surface area contributed by atoms with E-state index in [4.69, 9.17) is 9.47 Å². The standard InChI is InChI=1S/C19H25N3O3/c23-19(15-5-4-12-24-14-15)22-11-7-16(13-22)25-17-6-3-8-20-18(17)21-9-1-2-10-21/h3,6,8,14,16H,1-2,4-5,7,9-13H2/t16-/m1/s1. The molecule has 1 atom stereocenters. The van der Waals surface area contributed by atoms with Gasteiger partial charge in [-0.1, -0.05) is 0 Å². The molecule has 0 aromatic carbocycles. The van der Waals surface area contributed by atoms with Crippen LogP contribution in [0.1, 0.15) is 32.1 Å². The molecule has 0 spiro atoms. The molecular formula is C19H25N3O3. The van der Waals surface area contributed by atoms with E-state index in [1.54, 1.807) is 6.26 Å². The highest BCUT2D eigenvalue weighted by Gasteiger charge is 2.31. The summed E-state index contributed by atoms with van der Waals surface area (Å²) in [7, 11) is 0. The van der Waals surface area contributed by atoms with Crippen molar-refractivity contribution in [1.29, 1.82) is 0 Å². The van der Waals surface area contributed by atoms with E-state index >= 15 is 0 Å². The van der Waals surface area contributed by atoms with Crippen LogP contribution in [0.5, 0.6) is 5.75 Å². The Morgan fingerprint density at radius 1 is 1.24 bits per heavy atom. The van der Waals surface area contributed by atoms with Crippen molar-refractivity contribution in [3.05, 3.63) is 30.2 Å². The van der Waals surface area contributed by atoms with Gasteiger partial charge >= 0.3 is 0 Å². The molecule has 6 heteroatoms. The number of nitrogens with zero attached hydrogens (tertiary/aromatic N) is 3. The SMILES string of the molecule is O=C(C1=COCCC1)N1CC[C@@H](Oc2cccnc2N2CCCC2)C1. The number of amides is 1. The van der Waals surface area contributed by atoms with Crippen LogP contribution in [0.4, 0.5) is 5.82 Å². The Kier molecular flexibility index (Phi) is 4.76. The molecule has 25 heavy (non-hydrogen) atoms. The highest BCUT2D eigenvalue weighted by molar-refractivity contribution is 5.93. The van der Waals surface area contributed by atoms with Crippen molar-refractivity contribution in [2.75, 3.05) is 37.7 Å². The van der Waals surface area contributed by atoms with Gasteiger partial charge in [-0.05, 0) is 37.8 Å². The molecule has 2 saturated heterocycles. The number of likely N-dealkylation sites (tertiary alicyclic amines) is 1. The quantitative estimate of drug-likeness (QED) is 0.840. The first-order valence-electron chi connectivity index (χ1n) is 9.28. The lowest BCUT2D eigenvalue weighted by Crippen LogP contribution is -2.33. The van der Waals surface area contributed by atoms with Crippen molar-refractivity contribution >= 4 is 11.7 Å². The van der Waals surface area contributed by atoms with Gasteiger partial charge in [0.2, 0.25) is 0 Å². The third-order valence-corrected chi connectivity index (χ3v) is 5.09. The number of carbonyl (C=O) groups excluding carboxylic acids is 1. The monoisotopic (exact) mass is 343 g/mol. The molecule has 1 aromatic rings. The van der Waals surface area contributed by atoms with Crippen LogP contribution >= 0.6 is 0 Å². The van der Waals surface area contributed by atoms with Gasteiger partial charge in [0.05, 0.1) is 25.0 Å².